The smallest absolute Gasteiger partial charge is 0.287 e. The summed E-state index contributed by atoms with van der Waals surface area (Å²) in [6.07, 6.45) is 6.20. The molecule has 1 saturated carbocycles. The van der Waals surface area contributed by atoms with Crippen LogP contribution in [-0.2, 0) is 24.4 Å². The second-order valence-electron chi connectivity index (χ2n) is 10.3. The second-order valence-corrected chi connectivity index (χ2v) is 10.3. The van der Waals surface area contributed by atoms with Crippen LogP contribution in [0.4, 0.5) is 0 Å². The number of furan rings is 1. The maximum absolute atomic E-state index is 13.2. The van der Waals surface area contributed by atoms with Crippen LogP contribution >= 0.6 is 0 Å². The van der Waals surface area contributed by atoms with E-state index in [9.17, 15) is 9.59 Å². The molecule has 0 radical (unpaired) electrons. The van der Waals surface area contributed by atoms with E-state index in [4.69, 9.17) is 9.15 Å². The predicted molar refractivity (Wildman–Crippen MR) is 146 cm³/mol. The van der Waals surface area contributed by atoms with Crippen molar-refractivity contribution in [3.05, 3.63) is 118 Å². The van der Waals surface area contributed by atoms with Crippen LogP contribution in [0.25, 0.3) is 0 Å². The highest BCUT2D eigenvalue weighted by atomic mass is 16.5. The zero-order chi connectivity index (χ0) is 26.8. The molecular weight excluding hydrogens is 490 g/mol. The predicted octanol–water partition coefficient (Wildman–Crippen LogP) is 5.38. The topological polar surface area (TPSA) is 84.7 Å². The fourth-order valence-corrected chi connectivity index (χ4v) is 5.10. The van der Waals surface area contributed by atoms with Gasteiger partial charge < -0.3 is 19.4 Å². The Labute approximate surface area is 227 Å². The van der Waals surface area contributed by atoms with Crippen molar-refractivity contribution in [1.29, 1.82) is 0 Å². The minimum atomic E-state index is -0.291. The molecule has 198 valence electrons. The summed E-state index contributed by atoms with van der Waals surface area (Å²) in [5, 5.41) is 2.84. The number of nitrogens with zero attached hydrogens (tertiary/aromatic N) is 2. The van der Waals surface area contributed by atoms with Gasteiger partial charge in [0.05, 0.1) is 6.04 Å². The van der Waals surface area contributed by atoms with Gasteiger partial charge in [0.15, 0.2) is 5.76 Å². The van der Waals surface area contributed by atoms with Gasteiger partial charge in [-0.1, -0.05) is 42.0 Å². The fourth-order valence-electron chi connectivity index (χ4n) is 5.10. The first-order valence-electron chi connectivity index (χ1n) is 13.4. The number of aromatic nitrogens is 1. The number of carbonyl (C=O) groups excluding carboxylic acids is 2. The Morgan fingerprint density at radius 1 is 1.08 bits per heavy atom. The molecule has 1 fully saturated rings. The molecule has 1 atom stereocenters. The van der Waals surface area contributed by atoms with Gasteiger partial charge in [0, 0.05) is 31.4 Å². The van der Waals surface area contributed by atoms with Gasteiger partial charge in [0.2, 0.25) is 5.91 Å². The van der Waals surface area contributed by atoms with Crippen LogP contribution in [0.1, 0.15) is 63.0 Å². The van der Waals surface area contributed by atoms with Gasteiger partial charge in [-0.3, -0.25) is 14.6 Å². The van der Waals surface area contributed by atoms with Crippen molar-refractivity contribution >= 4 is 11.8 Å². The molecule has 2 aliphatic rings. The number of pyridine rings is 1. The Bertz CT molecular complexity index is 1480. The van der Waals surface area contributed by atoms with E-state index in [0.29, 0.717) is 18.1 Å². The molecule has 2 aromatic carbocycles. The minimum Gasteiger partial charge on any atom is -0.486 e. The Balaban J connectivity index is 1.17. The number of hydrogen-bond donors (Lipinski definition) is 1. The summed E-state index contributed by atoms with van der Waals surface area (Å²) in [7, 11) is 0. The number of carbonyl (C=O) groups is 2. The number of aryl methyl sites for hydroxylation is 1. The largest absolute Gasteiger partial charge is 0.486 e. The molecule has 2 aromatic heterocycles. The lowest BCUT2D eigenvalue weighted by molar-refractivity contribution is -0.134. The van der Waals surface area contributed by atoms with Gasteiger partial charge in [-0.05, 0) is 78.8 Å². The van der Waals surface area contributed by atoms with Crippen molar-refractivity contribution in [1.82, 2.24) is 15.2 Å². The van der Waals surface area contributed by atoms with E-state index in [0.717, 1.165) is 42.5 Å². The molecule has 0 saturated heterocycles. The van der Waals surface area contributed by atoms with Crippen LogP contribution in [0.2, 0.25) is 0 Å². The van der Waals surface area contributed by atoms with Crippen LogP contribution in [0.5, 0.6) is 5.75 Å². The molecular formula is C32H31N3O4. The second kappa shape index (κ2) is 10.8. The van der Waals surface area contributed by atoms with Crippen molar-refractivity contribution in [3.63, 3.8) is 0 Å². The van der Waals surface area contributed by atoms with Gasteiger partial charge in [0.25, 0.3) is 5.91 Å². The van der Waals surface area contributed by atoms with E-state index in [1.54, 1.807) is 24.5 Å². The summed E-state index contributed by atoms with van der Waals surface area (Å²) in [6, 6.07) is 21.6. The molecule has 1 aliphatic heterocycles. The number of benzene rings is 2. The lowest BCUT2D eigenvalue weighted by atomic mass is 9.87. The zero-order valence-corrected chi connectivity index (χ0v) is 21.9. The van der Waals surface area contributed by atoms with Crippen molar-refractivity contribution < 1.29 is 18.7 Å². The molecule has 6 rings (SSSR count). The molecule has 0 bridgehead atoms. The molecule has 0 unspecified atom stereocenters. The maximum atomic E-state index is 13.2. The lowest BCUT2D eigenvalue weighted by Crippen LogP contribution is -2.41. The van der Waals surface area contributed by atoms with Crippen molar-refractivity contribution in [3.8, 4) is 5.75 Å². The minimum absolute atomic E-state index is 0.135. The average Bonchev–Trinajstić information content (AvgIpc) is 3.72. The third-order valence-corrected chi connectivity index (χ3v) is 7.39. The summed E-state index contributed by atoms with van der Waals surface area (Å²) in [4.78, 5) is 31.9. The quantitative estimate of drug-likeness (QED) is 0.337. The highest BCUT2D eigenvalue weighted by molar-refractivity contribution is 5.91. The van der Waals surface area contributed by atoms with Gasteiger partial charge >= 0.3 is 0 Å². The van der Waals surface area contributed by atoms with Crippen LogP contribution in [0.15, 0.2) is 83.5 Å². The number of rotatable bonds is 8. The van der Waals surface area contributed by atoms with Crippen LogP contribution < -0.4 is 10.1 Å². The van der Waals surface area contributed by atoms with E-state index in [1.165, 1.54) is 11.1 Å². The maximum Gasteiger partial charge on any atom is 0.287 e. The SMILES string of the molecule is Cc1ccc([C@H]2c3cc(OCc4ccc(C(=O)NCc5cccnc5)o4)ccc3CCN2C(=O)C2CC2)cc1. The highest BCUT2D eigenvalue weighted by Crippen LogP contribution is 2.41. The molecule has 3 heterocycles. The average molecular weight is 522 g/mol. The molecule has 4 aromatic rings. The van der Waals surface area contributed by atoms with E-state index in [1.807, 2.05) is 18.2 Å². The van der Waals surface area contributed by atoms with Gasteiger partial charge in [-0.2, -0.15) is 0 Å². The molecule has 0 spiro atoms. The van der Waals surface area contributed by atoms with Crippen molar-refractivity contribution in [2.75, 3.05) is 6.54 Å². The van der Waals surface area contributed by atoms with E-state index in [2.05, 4.69) is 58.5 Å². The number of hydrogen-bond acceptors (Lipinski definition) is 5. The molecule has 2 amide bonds. The third kappa shape index (κ3) is 5.58. The summed E-state index contributed by atoms with van der Waals surface area (Å²) in [6.45, 7) is 3.35. The summed E-state index contributed by atoms with van der Waals surface area (Å²) in [5.74, 6) is 1.61. The van der Waals surface area contributed by atoms with Crippen LogP contribution in [0.3, 0.4) is 0 Å². The summed E-state index contributed by atoms with van der Waals surface area (Å²) >= 11 is 0. The van der Waals surface area contributed by atoms with Gasteiger partial charge in [-0.15, -0.1) is 0 Å². The number of fused-ring (bicyclic) bond motifs is 1. The zero-order valence-electron chi connectivity index (χ0n) is 21.9. The molecule has 7 heteroatoms. The van der Waals surface area contributed by atoms with E-state index < -0.39 is 0 Å². The first-order chi connectivity index (χ1) is 19.0. The molecule has 39 heavy (non-hydrogen) atoms. The first kappa shape index (κ1) is 24.9. The summed E-state index contributed by atoms with van der Waals surface area (Å²) < 4.78 is 11.8. The van der Waals surface area contributed by atoms with E-state index >= 15 is 0 Å². The van der Waals surface area contributed by atoms with E-state index in [-0.39, 0.29) is 36.1 Å². The fraction of sp³-hybridized carbons (Fsp3) is 0.281. The number of nitrogens with one attached hydrogen (secondary N) is 1. The monoisotopic (exact) mass is 521 g/mol. The Kier molecular flexibility index (Phi) is 6.88. The molecule has 7 nitrogen and oxygen atoms in total. The lowest BCUT2D eigenvalue weighted by Gasteiger charge is -2.38. The Hall–Kier alpha value is -4.39. The highest BCUT2D eigenvalue weighted by Gasteiger charge is 2.39. The molecule has 1 N–H and O–H groups in total. The Morgan fingerprint density at radius 2 is 1.92 bits per heavy atom. The summed E-state index contributed by atoms with van der Waals surface area (Å²) in [5.41, 5.74) is 5.55. The van der Waals surface area contributed by atoms with Gasteiger partial charge in [0.1, 0.15) is 18.1 Å². The molecule has 1 aliphatic carbocycles. The van der Waals surface area contributed by atoms with Crippen molar-refractivity contribution in [2.45, 2.75) is 45.4 Å². The number of amides is 2. The van der Waals surface area contributed by atoms with Crippen LogP contribution in [-0.4, -0.2) is 28.2 Å². The Morgan fingerprint density at radius 3 is 2.69 bits per heavy atom. The third-order valence-electron chi connectivity index (χ3n) is 7.39. The van der Waals surface area contributed by atoms with Gasteiger partial charge in [-0.25, -0.2) is 0 Å². The van der Waals surface area contributed by atoms with Crippen molar-refractivity contribution in [2.24, 2.45) is 5.92 Å². The first-order valence-corrected chi connectivity index (χ1v) is 13.4. The van der Waals surface area contributed by atoms with Crippen LogP contribution in [0, 0.1) is 12.8 Å². The normalized spacial score (nSPS) is 16.4. The number of ether oxygens (including phenoxy) is 1. The standard InChI is InChI=1S/C32H31N3O4/c1-21-4-6-24(7-5-21)30-28-17-26(11-10-23(28)14-16-35(30)32(37)25-8-9-25)38-20-27-12-13-29(39-27)31(36)34-19-22-3-2-15-33-18-22/h2-7,10-13,15,17-18,25,30H,8-9,14,16,19-20H2,1H3,(H,34,36)/t30-/m0/s1.